The minimum atomic E-state index is -0.584. The molecule has 0 saturated carbocycles. The Morgan fingerprint density at radius 3 is 2.83 bits per heavy atom. The molecular formula is C16H15ClFN3O2. The number of anilines is 1. The second-order valence-corrected chi connectivity index (χ2v) is 5.63. The van der Waals surface area contributed by atoms with E-state index in [1.807, 2.05) is 12.1 Å². The number of benzene rings is 1. The molecule has 5 nitrogen and oxygen atoms in total. The average molecular weight is 336 g/mol. The molecule has 0 spiro atoms. The van der Waals surface area contributed by atoms with Crippen molar-refractivity contribution in [1.82, 2.24) is 10.3 Å². The van der Waals surface area contributed by atoms with E-state index in [4.69, 9.17) is 16.3 Å². The third-order valence-corrected chi connectivity index (χ3v) is 3.88. The van der Waals surface area contributed by atoms with Crippen LogP contribution in [0.2, 0.25) is 5.02 Å². The Labute approximate surface area is 137 Å². The van der Waals surface area contributed by atoms with Crippen LogP contribution in [0.3, 0.4) is 0 Å². The second-order valence-electron chi connectivity index (χ2n) is 5.19. The normalized spacial score (nSPS) is 20.3. The zero-order chi connectivity index (χ0) is 16.2. The number of hydrogen-bond acceptors (Lipinski definition) is 3. The highest BCUT2D eigenvalue weighted by atomic mass is 35.5. The number of ether oxygens (including phenoxy) is 1. The number of urea groups is 1. The highest BCUT2D eigenvalue weighted by Gasteiger charge is 2.31. The van der Waals surface area contributed by atoms with Gasteiger partial charge in [-0.2, -0.15) is 0 Å². The van der Waals surface area contributed by atoms with Gasteiger partial charge in [0.15, 0.2) is 5.82 Å². The van der Waals surface area contributed by atoms with Crippen molar-refractivity contribution in [3.63, 3.8) is 0 Å². The van der Waals surface area contributed by atoms with E-state index in [9.17, 15) is 9.18 Å². The molecule has 1 aromatic carbocycles. The van der Waals surface area contributed by atoms with Crippen molar-refractivity contribution in [1.29, 1.82) is 0 Å². The Kier molecular flexibility index (Phi) is 4.73. The number of hydrogen-bond donors (Lipinski definition) is 2. The van der Waals surface area contributed by atoms with Gasteiger partial charge in [0.25, 0.3) is 0 Å². The van der Waals surface area contributed by atoms with Gasteiger partial charge in [-0.15, -0.1) is 0 Å². The summed E-state index contributed by atoms with van der Waals surface area (Å²) >= 11 is 5.88. The highest BCUT2D eigenvalue weighted by molar-refractivity contribution is 6.30. The lowest BCUT2D eigenvalue weighted by atomic mass is 10.0. The molecule has 0 bridgehead atoms. The third kappa shape index (κ3) is 3.78. The Bertz CT molecular complexity index is 696. The van der Waals surface area contributed by atoms with Crippen LogP contribution in [0.5, 0.6) is 0 Å². The van der Waals surface area contributed by atoms with Gasteiger partial charge < -0.3 is 15.4 Å². The molecule has 0 aliphatic carbocycles. The van der Waals surface area contributed by atoms with E-state index in [-0.39, 0.29) is 17.8 Å². The van der Waals surface area contributed by atoms with Gasteiger partial charge in [0.2, 0.25) is 0 Å². The number of nitrogens with zero attached hydrogens (tertiary/aromatic N) is 1. The summed E-state index contributed by atoms with van der Waals surface area (Å²) in [6, 6.07) is 8.02. The summed E-state index contributed by atoms with van der Waals surface area (Å²) in [5.74, 6) is -0.584. The fourth-order valence-corrected chi connectivity index (χ4v) is 2.65. The summed E-state index contributed by atoms with van der Waals surface area (Å²) in [6.07, 6.45) is 2.89. The van der Waals surface area contributed by atoms with Crippen molar-refractivity contribution < 1.29 is 13.9 Å². The van der Waals surface area contributed by atoms with Gasteiger partial charge >= 0.3 is 6.03 Å². The van der Waals surface area contributed by atoms with Crippen molar-refractivity contribution >= 4 is 23.3 Å². The molecule has 120 valence electrons. The molecule has 7 heteroatoms. The third-order valence-electron chi connectivity index (χ3n) is 3.63. The zero-order valence-corrected chi connectivity index (χ0v) is 12.9. The molecular weight excluding hydrogens is 321 g/mol. The number of aromatic nitrogens is 1. The van der Waals surface area contributed by atoms with Crippen LogP contribution in [0.1, 0.15) is 18.1 Å². The van der Waals surface area contributed by atoms with E-state index in [1.54, 1.807) is 12.1 Å². The van der Waals surface area contributed by atoms with Crippen LogP contribution >= 0.6 is 11.6 Å². The van der Waals surface area contributed by atoms with Crippen LogP contribution in [0, 0.1) is 5.82 Å². The highest BCUT2D eigenvalue weighted by Crippen LogP contribution is 2.30. The molecule has 0 unspecified atom stereocenters. The lowest BCUT2D eigenvalue weighted by Crippen LogP contribution is -2.39. The first-order valence-electron chi connectivity index (χ1n) is 7.17. The van der Waals surface area contributed by atoms with Crippen molar-refractivity contribution in [2.75, 3.05) is 11.9 Å². The maximum absolute atomic E-state index is 13.5. The molecule has 0 radical (unpaired) electrons. The first-order valence-corrected chi connectivity index (χ1v) is 7.55. The van der Waals surface area contributed by atoms with Gasteiger partial charge in [0.05, 0.1) is 17.9 Å². The van der Waals surface area contributed by atoms with Gasteiger partial charge in [0.1, 0.15) is 6.10 Å². The molecule has 2 amide bonds. The lowest BCUT2D eigenvalue weighted by molar-refractivity contribution is 0.100. The van der Waals surface area contributed by atoms with Crippen molar-refractivity contribution in [3.8, 4) is 0 Å². The first kappa shape index (κ1) is 15.7. The Balaban J connectivity index is 1.65. The maximum atomic E-state index is 13.5. The molecule has 1 aliphatic rings. The molecule has 23 heavy (non-hydrogen) atoms. The van der Waals surface area contributed by atoms with E-state index < -0.39 is 11.8 Å². The smallest absolute Gasteiger partial charge is 0.319 e. The number of halogens is 2. The first-order chi connectivity index (χ1) is 11.1. The van der Waals surface area contributed by atoms with Crippen LogP contribution in [0.4, 0.5) is 14.9 Å². The van der Waals surface area contributed by atoms with Gasteiger partial charge in [-0.05, 0) is 30.2 Å². The summed E-state index contributed by atoms with van der Waals surface area (Å²) < 4.78 is 19.2. The lowest BCUT2D eigenvalue weighted by Gasteiger charge is -2.20. The van der Waals surface area contributed by atoms with E-state index in [0.29, 0.717) is 18.1 Å². The Morgan fingerprint density at radius 1 is 1.30 bits per heavy atom. The molecule has 1 aliphatic heterocycles. The molecule has 2 heterocycles. The van der Waals surface area contributed by atoms with Crippen LogP contribution in [-0.4, -0.2) is 23.7 Å². The van der Waals surface area contributed by atoms with Crippen molar-refractivity contribution in [2.45, 2.75) is 18.6 Å². The van der Waals surface area contributed by atoms with E-state index in [0.717, 1.165) is 11.8 Å². The van der Waals surface area contributed by atoms with Crippen LogP contribution in [-0.2, 0) is 4.74 Å². The number of pyridine rings is 1. The Hall–Kier alpha value is -2.18. The molecule has 2 N–H and O–H groups in total. The molecule has 2 atom stereocenters. The van der Waals surface area contributed by atoms with Crippen molar-refractivity contribution in [3.05, 3.63) is 59.1 Å². The standard InChI is InChI=1S/C16H15ClFN3O2/c17-11-3-1-10(2-4-11)15-14(6-8-23-15)21-16(22)20-13-5-7-19-9-12(13)18/h1-5,7,9,14-15H,6,8H2,(H2,19,20,21,22)/t14-,15-/m0/s1. The van der Waals surface area contributed by atoms with Crippen LogP contribution in [0.15, 0.2) is 42.7 Å². The molecule has 3 rings (SSSR count). The second kappa shape index (κ2) is 6.93. The summed E-state index contributed by atoms with van der Waals surface area (Å²) in [4.78, 5) is 15.7. The predicted molar refractivity (Wildman–Crippen MR) is 84.9 cm³/mol. The van der Waals surface area contributed by atoms with Gasteiger partial charge in [-0.1, -0.05) is 23.7 Å². The van der Waals surface area contributed by atoms with Crippen LogP contribution < -0.4 is 10.6 Å². The van der Waals surface area contributed by atoms with Gasteiger partial charge in [-0.25, -0.2) is 9.18 Å². The van der Waals surface area contributed by atoms with E-state index in [1.165, 1.54) is 12.3 Å². The summed E-state index contributed by atoms with van der Waals surface area (Å²) in [7, 11) is 0. The van der Waals surface area contributed by atoms with Gasteiger partial charge in [0, 0.05) is 17.8 Å². The fourth-order valence-electron chi connectivity index (χ4n) is 2.52. The largest absolute Gasteiger partial charge is 0.371 e. The SMILES string of the molecule is O=C(Nc1ccncc1F)N[C@H]1CCO[C@H]1c1ccc(Cl)cc1. The molecule has 2 aromatic rings. The minimum Gasteiger partial charge on any atom is -0.371 e. The topological polar surface area (TPSA) is 63.2 Å². The molecule has 1 aromatic heterocycles. The number of amides is 2. The minimum absolute atomic E-state index is 0.0828. The van der Waals surface area contributed by atoms with E-state index >= 15 is 0 Å². The number of nitrogens with one attached hydrogen (secondary N) is 2. The fraction of sp³-hybridized carbons (Fsp3) is 0.250. The number of rotatable bonds is 3. The average Bonchev–Trinajstić information content (AvgIpc) is 2.98. The zero-order valence-electron chi connectivity index (χ0n) is 12.1. The predicted octanol–water partition coefficient (Wildman–Crippen LogP) is 3.53. The summed E-state index contributed by atoms with van der Waals surface area (Å²) in [5, 5.41) is 5.94. The Morgan fingerprint density at radius 2 is 2.09 bits per heavy atom. The monoisotopic (exact) mass is 335 g/mol. The maximum Gasteiger partial charge on any atom is 0.319 e. The summed E-state index contributed by atoms with van der Waals surface area (Å²) in [5.41, 5.74) is 1.02. The number of carbonyl (C=O) groups is 1. The van der Waals surface area contributed by atoms with Crippen LogP contribution in [0.25, 0.3) is 0 Å². The number of carbonyl (C=O) groups excluding carboxylic acids is 1. The van der Waals surface area contributed by atoms with Gasteiger partial charge in [-0.3, -0.25) is 4.98 Å². The molecule has 1 saturated heterocycles. The summed E-state index contributed by atoms with van der Waals surface area (Å²) in [6.45, 7) is 0.544. The molecule has 1 fully saturated rings. The van der Waals surface area contributed by atoms with E-state index in [2.05, 4.69) is 15.6 Å². The quantitative estimate of drug-likeness (QED) is 0.902. The van der Waals surface area contributed by atoms with Crippen molar-refractivity contribution in [2.24, 2.45) is 0 Å².